The molecule has 0 saturated heterocycles. The Hall–Kier alpha value is -8.40. The second kappa shape index (κ2) is 14.3. The standard InChI is InChI=1S/C61H41N3/c1-5-20-42(21-6-1)62(47-36-38-51-50-30-15-18-34-57(50)64(59(51)41-47)45-26-11-4-12-27-45)46-37-39-56-53(40-46)49-29-14-17-33-55(49)61(56)54-32-16-13-28-48(54)52-31-19-35-58(60(52)61)63(43-22-7-2-8-23-43)44-24-9-3-10-25-44/h1-41H. The van der Waals surface area contributed by atoms with Gasteiger partial charge >= 0.3 is 0 Å². The third-order valence-corrected chi connectivity index (χ3v) is 13.5. The molecule has 3 heteroatoms. The molecule has 0 saturated carbocycles. The van der Waals surface area contributed by atoms with Gasteiger partial charge in [0.05, 0.1) is 22.1 Å². The largest absolute Gasteiger partial charge is 0.310 e. The summed E-state index contributed by atoms with van der Waals surface area (Å²) in [5, 5.41) is 2.48. The Labute approximate surface area is 373 Å². The molecule has 13 rings (SSSR count). The van der Waals surface area contributed by atoms with Crippen LogP contribution in [0.5, 0.6) is 0 Å². The third kappa shape index (κ3) is 5.22. The fourth-order valence-corrected chi connectivity index (χ4v) is 11.1. The molecule has 2 aliphatic rings. The molecule has 300 valence electrons. The average Bonchev–Trinajstić information content (AvgIpc) is 3.97. The summed E-state index contributed by atoms with van der Waals surface area (Å²) >= 11 is 0. The highest BCUT2D eigenvalue weighted by atomic mass is 15.2. The Kier molecular flexibility index (Phi) is 8.13. The van der Waals surface area contributed by atoms with Crippen LogP contribution in [0.1, 0.15) is 22.3 Å². The van der Waals surface area contributed by atoms with Crippen molar-refractivity contribution in [2.24, 2.45) is 0 Å². The van der Waals surface area contributed by atoms with Crippen molar-refractivity contribution in [1.29, 1.82) is 0 Å². The van der Waals surface area contributed by atoms with E-state index < -0.39 is 5.41 Å². The van der Waals surface area contributed by atoms with Gasteiger partial charge in [0.1, 0.15) is 0 Å². The fraction of sp³-hybridized carbons (Fsp3) is 0.0164. The minimum Gasteiger partial charge on any atom is -0.310 e. The van der Waals surface area contributed by atoms with Crippen LogP contribution in [0.4, 0.5) is 34.1 Å². The predicted octanol–water partition coefficient (Wildman–Crippen LogP) is 16.1. The van der Waals surface area contributed by atoms with Gasteiger partial charge in [-0.05, 0) is 124 Å². The van der Waals surface area contributed by atoms with Crippen molar-refractivity contribution in [2.75, 3.05) is 9.80 Å². The Bertz CT molecular complexity index is 3520. The molecule has 0 amide bonds. The highest BCUT2D eigenvalue weighted by Gasteiger charge is 2.53. The van der Waals surface area contributed by atoms with Gasteiger partial charge in [0.15, 0.2) is 0 Å². The van der Waals surface area contributed by atoms with E-state index in [1.807, 2.05) is 0 Å². The van der Waals surface area contributed by atoms with Gasteiger partial charge in [0.2, 0.25) is 0 Å². The van der Waals surface area contributed by atoms with Crippen LogP contribution < -0.4 is 9.80 Å². The lowest BCUT2D eigenvalue weighted by molar-refractivity contribution is 0.793. The molecule has 0 fully saturated rings. The van der Waals surface area contributed by atoms with Crippen molar-refractivity contribution >= 4 is 55.9 Å². The number of para-hydroxylation sites is 5. The van der Waals surface area contributed by atoms with E-state index in [1.165, 1.54) is 72.0 Å². The monoisotopic (exact) mass is 815 g/mol. The van der Waals surface area contributed by atoms with Crippen LogP contribution in [0.3, 0.4) is 0 Å². The molecule has 0 N–H and O–H groups in total. The lowest BCUT2D eigenvalue weighted by atomic mass is 9.70. The second-order valence-electron chi connectivity index (χ2n) is 16.8. The highest BCUT2D eigenvalue weighted by Crippen LogP contribution is 2.65. The summed E-state index contributed by atoms with van der Waals surface area (Å²) in [6.45, 7) is 0. The Morgan fingerprint density at radius 3 is 1.45 bits per heavy atom. The molecule has 64 heavy (non-hydrogen) atoms. The van der Waals surface area contributed by atoms with E-state index in [0.29, 0.717) is 0 Å². The predicted molar refractivity (Wildman–Crippen MR) is 266 cm³/mol. The van der Waals surface area contributed by atoms with Crippen LogP contribution in [0.2, 0.25) is 0 Å². The summed E-state index contributed by atoms with van der Waals surface area (Å²) in [5.74, 6) is 0. The van der Waals surface area contributed by atoms with Gasteiger partial charge in [-0.2, -0.15) is 0 Å². The molecule has 0 aliphatic heterocycles. The summed E-state index contributed by atoms with van der Waals surface area (Å²) in [5.41, 5.74) is 19.9. The zero-order valence-electron chi connectivity index (χ0n) is 35.0. The zero-order valence-corrected chi connectivity index (χ0v) is 35.0. The number of nitrogens with zero attached hydrogens (tertiary/aromatic N) is 3. The summed E-state index contributed by atoms with van der Waals surface area (Å²) < 4.78 is 2.40. The third-order valence-electron chi connectivity index (χ3n) is 13.5. The number of fused-ring (bicyclic) bond motifs is 13. The van der Waals surface area contributed by atoms with Crippen LogP contribution in [0.15, 0.2) is 249 Å². The molecule has 0 bridgehead atoms. The minimum absolute atomic E-state index is 0.568. The molecule has 2 aliphatic carbocycles. The highest BCUT2D eigenvalue weighted by molar-refractivity contribution is 6.10. The smallest absolute Gasteiger partial charge is 0.0746 e. The molecule has 3 nitrogen and oxygen atoms in total. The number of hydrogen-bond acceptors (Lipinski definition) is 2. The van der Waals surface area contributed by atoms with Crippen LogP contribution in [-0.4, -0.2) is 4.57 Å². The van der Waals surface area contributed by atoms with Crippen molar-refractivity contribution in [3.05, 3.63) is 271 Å². The molecule has 11 aromatic rings. The van der Waals surface area contributed by atoms with Gasteiger partial charge < -0.3 is 14.4 Å². The van der Waals surface area contributed by atoms with Gasteiger partial charge in [0.25, 0.3) is 0 Å². The number of hydrogen-bond donors (Lipinski definition) is 0. The van der Waals surface area contributed by atoms with E-state index in [4.69, 9.17) is 0 Å². The molecule has 1 unspecified atom stereocenters. The van der Waals surface area contributed by atoms with Gasteiger partial charge in [-0.3, -0.25) is 0 Å². The number of anilines is 6. The van der Waals surface area contributed by atoms with E-state index in [2.05, 4.69) is 263 Å². The Balaban J connectivity index is 1.06. The summed E-state index contributed by atoms with van der Waals surface area (Å²) in [7, 11) is 0. The van der Waals surface area contributed by atoms with Gasteiger partial charge in [0, 0.05) is 50.5 Å². The zero-order chi connectivity index (χ0) is 42.2. The van der Waals surface area contributed by atoms with Crippen LogP contribution >= 0.6 is 0 Å². The lowest BCUT2D eigenvalue weighted by Crippen LogP contribution is -2.28. The Morgan fingerprint density at radius 2 is 0.781 bits per heavy atom. The summed E-state index contributed by atoms with van der Waals surface area (Å²) in [6, 6.07) is 91.2. The van der Waals surface area contributed by atoms with Gasteiger partial charge in [-0.15, -0.1) is 0 Å². The number of benzene rings is 10. The summed E-state index contributed by atoms with van der Waals surface area (Å²) in [4.78, 5) is 4.87. The van der Waals surface area contributed by atoms with E-state index in [0.717, 1.165) is 34.1 Å². The maximum absolute atomic E-state index is 2.45. The molecule has 0 radical (unpaired) electrons. The SMILES string of the molecule is c1ccc(N(c2ccc3c(c2)-c2ccccc2C32c3ccccc3-c3cccc(N(c4ccccc4)c4ccccc4)c32)c2ccc3c4ccccc4n(-c4ccccc4)c3c2)cc1. The maximum atomic E-state index is 2.45. The number of aromatic nitrogens is 1. The maximum Gasteiger partial charge on any atom is 0.0746 e. The molecular formula is C61H41N3. The van der Waals surface area contributed by atoms with Crippen molar-refractivity contribution in [3.63, 3.8) is 0 Å². The molecule has 1 aromatic heterocycles. The first-order valence-corrected chi connectivity index (χ1v) is 22.1. The molecule has 1 heterocycles. The molecule has 10 aromatic carbocycles. The molecular weight excluding hydrogens is 775 g/mol. The quantitative estimate of drug-likeness (QED) is 0.159. The van der Waals surface area contributed by atoms with Crippen molar-refractivity contribution in [1.82, 2.24) is 4.57 Å². The van der Waals surface area contributed by atoms with E-state index in [-0.39, 0.29) is 0 Å². The van der Waals surface area contributed by atoms with Gasteiger partial charge in [-0.25, -0.2) is 0 Å². The first kappa shape index (κ1) is 36.3. The van der Waals surface area contributed by atoms with Crippen molar-refractivity contribution < 1.29 is 0 Å². The molecule has 1 atom stereocenters. The molecule has 1 spiro atoms. The minimum atomic E-state index is -0.568. The first-order valence-electron chi connectivity index (χ1n) is 22.1. The van der Waals surface area contributed by atoms with E-state index in [1.54, 1.807) is 0 Å². The summed E-state index contributed by atoms with van der Waals surface area (Å²) in [6.07, 6.45) is 0. The van der Waals surface area contributed by atoms with Crippen LogP contribution in [0, 0.1) is 0 Å². The normalized spacial score (nSPS) is 14.3. The van der Waals surface area contributed by atoms with Crippen LogP contribution in [0.25, 0.3) is 49.7 Å². The van der Waals surface area contributed by atoms with Gasteiger partial charge in [-0.1, -0.05) is 164 Å². The fourth-order valence-electron chi connectivity index (χ4n) is 11.1. The van der Waals surface area contributed by atoms with Crippen LogP contribution in [-0.2, 0) is 5.41 Å². The average molecular weight is 816 g/mol. The van der Waals surface area contributed by atoms with Crippen molar-refractivity contribution in [3.8, 4) is 27.9 Å². The van der Waals surface area contributed by atoms with E-state index >= 15 is 0 Å². The van der Waals surface area contributed by atoms with Crippen molar-refractivity contribution in [2.45, 2.75) is 5.41 Å². The topological polar surface area (TPSA) is 11.4 Å². The van der Waals surface area contributed by atoms with E-state index in [9.17, 15) is 0 Å². The lowest BCUT2D eigenvalue weighted by Gasteiger charge is -2.36. The first-order chi connectivity index (χ1) is 31.8. The number of rotatable bonds is 7. The second-order valence-corrected chi connectivity index (χ2v) is 16.8. The Morgan fingerprint density at radius 1 is 0.297 bits per heavy atom.